The number of amides is 2. The predicted molar refractivity (Wildman–Crippen MR) is 279 cm³/mol. The van der Waals surface area contributed by atoms with Gasteiger partial charge in [-0.1, -0.05) is 47.5 Å². The summed E-state index contributed by atoms with van der Waals surface area (Å²) in [6.45, 7) is 3.78. The zero-order chi connectivity index (χ0) is 51.2. The molecule has 27 heteroatoms. The molecule has 4 aliphatic rings. The molecule has 2 fully saturated rings. The van der Waals surface area contributed by atoms with E-state index in [1.165, 1.54) is 41.6 Å². The summed E-state index contributed by atoms with van der Waals surface area (Å²) in [5.74, 6) is 1.57. The Labute approximate surface area is 444 Å². The zero-order valence-electron chi connectivity index (χ0n) is 39.0. The number of aliphatic hydroxyl groups excluding tert-OH is 2. The lowest BCUT2D eigenvalue weighted by Crippen LogP contribution is -2.48. The molecule has 0 radical (unpaired) electrons. The smallest absolute Gasteiger partial charge is 0.416 e. The number of rotatable bonds is 11. The third-order valence-corrected chi connectivity index (χ3v) is 12.2. The first kappa shape index (κ1) is 57.0. The number of urea groups is 1. The number of pyridine rings is 2. The minimum atomic E-state index is -4.52. The highest BCUT2D eigenvalue weighted by atomic mass is 35.5. The van der Waals surface area contributed by atoms with Crippen molar-refractivity contribution >= 4 is 90.9 Å². The number of ether oxygens (including phenoxy) is 2. The first-order valence-corrected chi connectivity index (χ1v) is 23.3. The molecule has 2 aromatic carbocycles. The number of nitrogens with two attached hydrogens (primary N) is 1. The van der Waals surface area contributed by atoms with Crippen LogP contribution in [0.1, 0.15) is 36.8 Å². The fourth-order valence-corrected chi connectivity index (χ4v) is 8.73. The second-order valence-corrected chi connectivity index (χ2v) is 17.4. The van der Waals surface area contributed by atoms with Crippen LogP contribution in [0.5, 0.6) is 12.0 Å². The van der Waals surface area contributed by atoms with Gasteiger partial charge in [0.05, 0.1) is 63.2 Å². The normalized spacial score (nSPS) is 15.9. The minimum Gasteiger partial charge on any atom is -0.463 e. The number of halogens is 8. The standard InChI is InChI=1S/C24H22ClF3N6O3.C16H13ClF3N3.C7H11N3O2.2H2S/c25-17-12-18-21(32-20(17)14-3-1-4-15(11-14)24(26,27)28)34(16-6-8-33(18)13-16)23(36)31-19-5-7-29-22(30-19)37-10-2-9-35;17-12-7-13-15(21-11-4-5-23(13)8-11)22-14(12)9-2-1-3-10(6-9)16(18,19)20;8-6-2-3-9-7(10-6)12-5-1-4-11;;/h1,3-5,7,11-12,16,35H,2,6,8-10,13H2,(H,29,30,31,36);1-3,6-7,11H,4-5,8H2,(H,21,22);2-3,11H,1,4-5H2,(H2,8,9,10);2*1H2/t16-;11-;;;/m00.../s1. The van der Waals surface area contributed by atoms with Crippen LogP contribution in [0, 0.1) is 0 Å². The zero-order valence-corrected chi connectivity index (χ0v) is 42.5. The highest BCUT2D eigenvalue weighted by Gasteiger charge is 2.41. The maximum absolute atomic E-state index is 13.4. The van der Waals surface area contributed by atoms with Crippen LogP contribution >= 0.6 is 50.2 Å². The molecule has 0 aliphatic carbocycles. The molecule has 4 aromatic heterocycles. The monoisotopic (exact) mass is 1110 g/mol. The van der Waals surface area contributed by atoms with Gasteiger partial charge in [0.2, 0.25) is 0 Å². The number of aromatic nitrogens is 6. The van der Waals surface area contributed by atoms with E-state index in [1.807, 2.05) is 0 Å². The van der Waals surface area contributed by atoms with Gasteiger partial charge in [-0.05, 0) is 61.4 Å². The van der Waals surface area contributed by atoms with Crippen LogP contribution in [0.15, 0.2) is 85.2 Å². The highest BCUT2D eigenvalue weighted by molar-refractivity contribution is 7.59. The molecule has 74 heavy (non-hydrogen) atoms. The van der Waals surface area contributed by atoms with E-state index < -0.39 is 29.5 Å². The van der Waals surface area contributed by atoms with E-state index >= 15 is 0 Å². The Bertz CT molecular complexity index is 2900. The van der Waals surface area contributed by atoms with Crippen LogP contribution < -0.4 is 40.5 Å². The van der Waals surface area contributed by atoms with Gasteiger partial charge in [-0.25, -0.2) is 24.7 Å². The number of nitrogens with zero attached hydrogens (tertiary/aromatic N) is 9. The van der Waals surface area contributed by atoms with Gasteiger partial charge in [0, 0.05) is 81.8 Å². The molecule has 0 saturated carbocycles. The quantitative estimate of drug-likeness (QED) is 0.0605. The predicted octanol–water partition coefficient (Wildman–Crippen LogP) is 9.07. The van der Waals surface area contributed by atoms with Crippen molar-refractivity contribution in [2.45, 2.75) is 50.1 Å². The van der Waals surface area contributed by atoms with Crippen LogP contribution in [0.4, 0.5) is 65.8 Å². The van der Waals surface area contributed by atoms with Gasteiger partial charge in [0.1, 0.15) is 11.6 Å². The van der Waals surface area contributed by atoms with E-state index in [4.69, 9.17) is 48.6 Å². The average molecular weight is 1110 g/mol. The Balaban J connectivity index is 0.000000204. The van der Waals surface area contributed by atoms with Gasteiger partial charge >= 0.3 is 30.4 Å². The number of alkyl halides is 6. The van der Waals surface area contributed by atoms with Crippen LogP contribution in [0.2, 0.25) is 10.0 Å². The van der Waals surface area contributed by atoms with E-state index in [2.05, 4.69) is 50.3 Å². The number of aliphatic hydroxyl groups is 2. The largest absolute Gasteiger partial charge is 0.463 e. The lowest BCUT2D eigenvalue weighted by Gasteiger charge is -2.36. The summed E-state index contributed by atoms with van der Waals surface area (Å²) >= 11 is 12.8. The second-order valence-electron chi connectivity index (χ2n) is 16.6. The third-order valence-electron chi connectivity index (χ3n) is 11.6. The number of carbonyl (C=O) groups excluding carboxylic acids is 1. The lowest BCUT2D eigenvalue weighted by atomic mass is 10.1. The maximum Gasteiger partial charge on any atom is 0.416 e. The molecule has 0 unspecified atom stereocenters. The molecule has 2 amide bonds. The van der Waals surface area contributed by atoms with Crippen molar-refractivity contribution in [3.8, 4) is 34.5 Å². The molecular formula is C47H50Cl2F6N12O5S2. The Morgan fingerprint density at radius 2 is 1.28 bits per heavy atom. The fraction of sp³-hybridized carbons (Fsp3) is 0.340. The highest BCUT2D eigenvalue weighted by Crippen LogP contribution is 2.45. The number of fused-ring (bicyclic) bond motifs is 8. The average Bonchev–Trinajstić information content (AvgIpc) is 3.96. The maximum atomic E-state index is 13.4. The fourth-order valence-electron chi connectivity index (χ4n) is 8.22. The molecule has 0 spiro atoms. The first-order valence-electron chi connectivity index (χ1n) is 22.5. The van der Waals surface area contributed by atoms with Gasteiger partial charge in [-0.3, -0.25) is 10.2 Å². The third kappa shape index (κ3) is 13.7. The van der Waals surface area contributed by atoms with E-state index in [1.54, 1.807) is 24.3 Å². The molecule has 6 N–H and O–H groups in total. The molecular weight excluding hydrogens is 1060 g/mol. The Hall–Kier alpha value is -6.25. The summed E-state index contributed by atoms with van der Waals surface area (Å²) in [5, 5.41) is 24.0. The Morgan fingerprint density at radius 1 is 0.730 bits per heavy atom. The van der Waals surface area contributed by atoms with Gasteiger partial charge in [-0.15, -0.1) is 0 Å². The number of carbonyl (C=O) groups is 1. The van der Waals surface area contributed by atoms with E-state index in [0.717, 1.165) is 49.5 Å². The van der Waals surface area contributed by atoms with Gasteiger partial charge in [0.25, 0.3) is 0 Å². The molecule has 8 heterocycles. The number of nitrogens with one attached hydrogen (secondary N) is 2. The van der Waals surface area contributed by atoms with Gasteiger partial charge in [-0.2, -0.15) is 63.3 Å². The summed E-state index contributed by atoms with van der Waals surface area (Å²) in [6, 6.07) is 16.3. The minimum absolute atomic E-state index is 0. The van der Waals surface area contributed by atoms with E-state index in [0.29, 0.717) is 84.4 Å². The topological polar surface area (TPSA) is 213 Å². The molecule has 10 rings (SSSR count). The number of hydrogen-bond acceptors (Lipinski definition) is 15. The van der Waals surface area contributed by atoms with Crippen LogP contribution in [0.25, 0.3) is 22.5 Å². The number of benzene rings is 2. The number of hydrogen-bond donors (Lipinski definition) is 5. The lowest BCUT2D eigenvalue weighted by molar-refractivity contribution is -0.138. The van der Waals surface area contributed by atoms with E-state index in [9.17, 15) is 31.1 Å². The molecule has 396 valence electrons. The molecule has 4 aliphatic heterocycles. The van der Waals surface area contributed by atoms with Crippen LogP contribution in [0.3, 0.4) is 0 Å². The van der Waals surface area contributed by atoms with Crippen molar-refractivity contribution in [2.24, 2.45) is 0 Å². The summed E-state index contributed by atoms with van der Waals surface area (Å²) in [6.07, 6.45) is -3.28. The summed E-state index contributed by atoms with van der Waals surface area (Å²) in [4.78, 5) is 44.1. The van der Waals surface area contributed by atoms with Crippen molar-refractivity contribution in [3.63, 3.8) is 0 Å². The van der Waals surface area contributed by atoms with E-state index in [-0.39, 0.29) is 87.0 Å². The number of nitrogen functional groups attached to an aromatic ring is 1. The van der Waals surface area contributed by atoms with Crippen molar-refractivity contribution in [1.82, 2.24) is 29.9 Å². The Kier molecular flexibility index (Phi) is 19.2. The van der Waals surface area contributed by atoms with Gasteiger partial charge < -0.3 is 40.5 Å². The molecule has 2 atom stereocenters. The van der Waals surface area contributed by atoms with Crippen LogP contribution in [-0.2, 0) is 12.4 Å². The Morgan fingerprint density at radius 3 is 1.88 bits per heavy atom. The van der Waals surface area contributed by atoms with Crippen molar-refractivity contribution in [2.75, 3.05) is 83.7 Å². The van der Waals surface area contributed by atoms with Gasteiger partial charge in [0.15, 0.2) is 11.6 Å². The second kappa shape index (κ2) is 24.9. The molecule has 6 aromatic rings. The van der Waals surface area contributed by atoms with Crippen molar-refractivity contribution < 1.29 is 50.8 Å². The first-order chi connectivity index (χ1) is 34.5. The number of anilines is 6. The van der Waals surface area contributed by atoms with Crippen molar-refractivity contribution in [3.05, 3.63) is 106 Å². The van der Waals surface area contributed by atoms with Crippen LogP contribution in [-0.4, -0.2) is 111 Å². The summed E-state index contributed by atoms with van der Waals surface area (Å²) in [7, 11) is 0. The SMILES string of the molecule is FC(F)(F)c1cccc(-c2nc3c(cc2Cl)N2CC[C@@H](C2)N3)c1.Nc1ccnc(OCCCO)n1.O=C(Nc1ccnc(OCCCO)n1)N1c2nc(-c3cccc(C(F)(F)F)c3)c(Cl)cc2N2CC[C@H]1C2.S.S. The van der Waals surface area contributed by atoms with Crippen molar-refractivity contribution in [1.29, 1.82) is 0 Å². The molecule has 4 bridgehead atoms. The molecule has 17 nitrogen and oxygen atoms in total. The summed E-state index contributed by atoms with van der Waals surface area (Å²) in [5.41, 5.74) is 6.47. The molecule has 2 saturated heterocycles. The summed E-state index contributed by atoms with van der Waals surface area (Å²) < 4.78 is 89.0.